The highest BCUT2D eigenvalue weighted by atomic mass is 32.2. The maximum atomic E-state index is 14.9. The number of aromatic nitrogens is 1. The molecule has 4 N–H and O–H groups in total. The molecule has 37 heavy (non-hydrogen) atoms. The number of anilines is 1. The topological polar surface area (TPSA) is 117 Å². The number of piperazine rings is 1. The van der Waals surface area contributed by atoms with E-state index < -0.39 is 27.8 Å². The standard InChI is InChI=1S/C26H35F2N5O3S/c1-16(2)24(17-3-5-18(27)6-4-17)25(29)26(34)32-23-15-31-14-22(28)21(23)10-7-19-13-30-11-12-33(19)37(35,36)20-8-9-20/h3-6,14-16,19-20,24-25,30H,7-13,29H2,1-2H3,(H,32,34)/t19-,24+,25-/m0/s1. The average Bonchev–Trinajstić information content (AvgIpc) is 3.71. The monoisotopic (exact) mass is 535 g/mol. The molecule has 2 aliphatic rings. The number of halogens is 2. The zero-order valence-electron chi connectivity index (χ0n) is 21.2. The zero-order valence-corrected chi connectivity index (χ0v) is 22.0. The number of carbonyl (C=O) groups is 1. The maximum Gasteiger partial charge on any atom is 0.241 e. The van der Waals surface area contributed by atoms with Crippen molar-refractivity contribution in [1.29, 1.82) is 0 Å². The largest absolute Gasteiger partial charge is 0.323 e. The van der Waals surface area contributed by atoms with E-state index in [0.717, 1.165) is 11.8 Å². The molecule has 2 aromatic rings. The molecule has 1 saturated carbocycles. The molecule has 1 amide bonds. The Bertz CT molecular complexity index is 1210. The first-order valence-electron chi connectivity index (χ1n) is 12.7. The highest BCUT2D eigenvalue weighted by molar-refractivity contribution is 7.90. The van der Waals surface area contributed by atoms with Crippen LogP contribution in [-0.4, -0.2) is 60.6 Å². The Hall–Kier alpha value is -2.47. The summed E-state index contributed by atoms with van der Waals surface area (Å²) in [7, 11) is -3.36. The van der Waals surface area contributed by atoms with Gasteiger partial charge in [0.05, 0.1) is 29.4 Å². The molecule has 202 valence electrons. The first-order chi connectivity index (χ1) is 17.6. The second-order valence-corrected chi connectivity index (χ2v) is 12.4. The van der Waals surface area contributed by atoms with E-state index in [-0.39, 0.29) is 46.6 Å². The highest BCUT2D eigenvalue weighted by Gasteiger charge is 2.43. The Morgan fingerprint density at radius 2 is 1.92 bits per heavy atom. The third kappa shape index (κ3) is 6.34. The van der Waals surface area contributed by atoms with E-state index >= 15 is 0 Å². The normalized spacial score (nSPS) is 20.5. The summed E-state index contributed by atoms with van der Waals surface area (Å²) >= 11 is 0. The maximum absolute atomic E-state index is 14.9. The van der Waals surface area contributed by atoms with Gasteiger partial charge in [0, 0.05) is 37.2 Å². The van der Waals surface area contributed by atoms with Crippen molar-refractivity contribution in [3.8, 4) is 0 Å². The van der Waals surface area contributed by atoms with Crippen LogP contribution < -0.4 is 16.4 Å². The van der Waals surface area contributed by atoms with Gasteiger partial charge in [-0.05, 0) is 49.3 Å². The fourth-order valence-electron chi connectivity index (χ4n) is 5.09. The number of nitrogens with zero attached hydrogens (tertiary/aromatic N) is 2. The van der Waals surface area contributed by atoms with E-state index in [0.29, 0.717) is 38.9 Å². The molecule has 0 bridgehead atoms. The Morgan fingerprint density at radius 1 is 1.22 bits per heavy atom. The lowest BCUT2D eigenvalue weighted by Gasteiger charge is -2.35. The second-order valence-electron chi connectivity index (χ2n) is 10.2. The van der Waals surface area contributed by atoms with Crippen LogP contribution in [0.15, 0.2) is 36.7 Å². The van der Waals surface area contributed by atoms with Gasteiger partial charge >= 0.3 is 0 Å². The van der Waals surface area contributed by atoms with Gasteiger partial charge in [-0.1, -0.05) is 26.0 Å². The fourth-order valence-corrected chi connectivity index (χ4v) is 7.14. The summed E-state index contributed by atoms with van der Waals surface area (Å²) in [4.78, 5) is 17.1. The number of pyridine rings is 1. The minimum absolute atomic E-state index is 0.0190. The number of rotatable bonds is 10. The van der Waals surface area contributed by atoms with Crippen molar-refractivity contribution < 1.29 is 22.0 Å². The molecule has 1 aliphatic carbocycles. The van der Waals surface area contributed by atoms with Crippen molar-refractivity contribution in [2.75, 3.05) is 25.0 Å². The van der Waals surface area contributed by atoms with Gasteiger partial charge in [0.25, 0.3) is 0 Å². The van der Waals surface area contributed by atoms with Gasteiger partial charge in [-0.15, -0.1) is 0 Å². The third-order valence-electron chi connectivity index (χ3n) is 7.22. The van der Waals surface area contributed by atoms with E-state index in [1.807, 2.05) is 13.8 Å². The molecule has 1 saturated heterocycles. The van der Waals surface area contributed by atoms with Crippen LogP contribution in [0.5, 0.6) is 0 Å². The molecule has 0 radical (unpaired) electrons. The lowest BCUT2D eigenvalue weighted by atomic mass is 9.82. The van der Waals surface area contributed by atoms with Gasteiger partial charge in [0.2, 0.25) is 15.9 Å². The highest BCUT2D eigenvalue weighted by Crippen LogP contribution is 2.33. The number of nitrogens with two attached hydrogens (primary N) is 1. The van der Waals surface area contributed by atoms with Crippen molar-refractivity contribution in [3.05, 3.63) is 59.4 Å². The summed E-state index contributed by atoms with van der Waals surface area (Å²) in [6, 6.07) is 4.61. The average molecular weight is 536 g/mol. The predicted octanol–water partition coefficient (Wildman–Crippen LogP) is 2.76. The smallest absolute Gasteiger partial charge is 0.241 e. The first-order valence-corrected chi connectivity index (χ1v) is 14.3. The number of hydrogen-bond donors (Lipinski definition) is 3. The lowest BCUT2D eigenvalue weighted by molar-refractivity contribution is -0.118. The van der Waals surface area contributed by atoms with Crippen molar-refractivity contribution in [2.24, 2.45) is 11.7 Å². The van der Waals surface area contributed by atoms with Crippen LogP contribution in [0, 0.1) is 17.6 Å². The number of amides is 1. The molecule has 3 atom stereocenters. The Labute approximate surface area is 217 Å². The van der Waals surface area contributed by atoms with Gasteiger partial charge in [-0.2, -0.15) is 4.31 Å². The minimum Gasteiger partial charge on any atom is -0.323 e. The lowest BCUT2D eigenvalue weighted by Crippen LogP contribution is -2.54. The van der Waals surface area contributed by atoms with E-state index in [9.17, 15) is 22.0 Å². The molecule has 1 aromatic heterocycles. The van der Waals surface area contributed by atoms with E-state index in [4.69, 9.17) is 5.73 Å². The minimum atomic E-state index is -3.36. The zero-order chi connectivity index (χ0) is 26.7. The Balaban J connectivity index is 1.49. The van der Waals surface area contributed by atoms with Crippen LogP contribution >= 0.6 is 0 Å². The van der Waals surface area contributed by atoms with Crippen molar-refractivity contribution in [1.82, 2.24) is 14.6 Å². The summed E-state index contributed by atoms with van der Waals surface area (Å²) in [6.45, 7) is 5.31. The molecule has 0 spiro atoms. The number of carbonyl (C=O) groups excluding carboxylic acids is 1. The van der Waals surface area contributed by atoms with Crippen molar-refractivity contribution in [3.63, 3.8) is 0 Å². The Kier molecular flexibility index (Phi) is 8.57. The molecule has 4 rings (SSSR count). The molecule has 8 nitrogen and oxygen atoms in total. The SMILES string of the molecule is CC(C)[C@H](c1ccc(F)cc1)[C@H](N)C(=O)Nc1cncc(F)c1CC[C@H]1CNCCN1S(=O)(=O)C1CC1. The van der Waals surface area contributed by atoms with Crippen molar-refractivity contribution >= 4 is 21.6 Å². The van der Waals surface area contributed by atoms with Gasteiger partial charge in [0.15, 0.2) is 0 Å². The molecule has 11 heteroatoms. The van der Waals surface area contributed by atoms with E-state index in [1.54, 1.807) is 16.4 Å². The first kappa shape index (κ1) is 27.6. The van der Waals surface area contributed by atoms with Crippen LogP contribution in [0.3, 0.4) is 0 Å². The number of nitrogens with one attached hydrogen (secondary N) is 2. The molecule has 2 fully saturated rings. The van der Waals surface area contributed by atoms with E-state index in [1.165, 1.54) is 18.3 Å². The molecule has 1 aliphatic heterocycles. The van der Waals surface area contributed by atoms with Crippen LogP contribution in [0.2, 0.25) is 0 Å². The molecule has 2 heterocycles. The number of sulfonamides is 1. The summed E-state index contributed by atoms with van der Waals surface area (Å²) < 4.78 is 55.7. The fraction of sp³-hybridized carbons (Fsp3) is 0.538. The summed E-state index contributed by atoms with van der Waals surface area (Å²) in [6.07, 6.45) is 4.43. The summed E-state index contributed by atoms with van der Waals surface area (Å²) in [5.74, 6) is -1.87. The molecular formula is C26H35F2N5O3S. The van der Waals surface area contributed by atoms with Crippen LogP contribution in [0.4, 0.5) is 14.5 Å². The molecular weight excluding hydrogens is 500 g/mol. The predicted molar refractivity (Wildman–Crippen MR) is 138 cm³/mol. The Morgan fingerprint density at radius 3 is 2.57 bits per heavy atom. The van der Waals surface area contributed by atoms with Gasteiger partial charge in [-0.25, -0.2) is 17.2 Å². The van der Waals surface area contributed by atoms with Crippen LogP contribution in [0.1, 0.15) is 50.2 Å². The van der Waals surface area contributed by atoms with Crippen molar-refractivity contribution in [2.45, 2.75) is 62.8 Å². The third-order valence-corrected chi connectivity index (χ3v) is 9.67. The number of hydrogen-bond acceptors (Lipinski definition) is 6. The quantitative estimate of drug-likeness (QED) is 0.431. The van der Waals surface area contributed by atoms with Gasteiger partial charge in [0.1, 0.15) is 11.6 Å². The molecule has 0 unspecified atom stereocenters. The summed E-state index contributed by atoms with van der Waals surface area (Å²) in [5, 5.41) is 5.66. The van der Waals surface area contributed by atoms with E-state index in [2.05, 4.69) is 15.6 Å². The van der Waals surface area contributed by atoms with Gasteiger partial charge in [-0.3, -0.25) is 9.78 Å². The van der Waals surface area contributed by atoms with Crippen LogP contribution in [-0.2, 0) is 21.2 Å². The number of benzene rings is 1. The summed E-state index contributed by atoms with van der Waals surface area (Å²) in [5.41, 5.74) is 7.56. The van der Waals surface area contributed by atoms with Crippen LogP contribution in [0.25, 0.3) is 0 Å². The second kappa shape index (κ2) is 11.5. The molecule has 1 aromatic carbocycles. The van der Waals surface area contributed by atoms with Gasteiger partial charge < -0.3 is 16.4 Å².